The Hall–Kier alpha value is -2.75. The van der Waals surface area contributed by atoms with Crippen LogP contribution >= 0.6 is 0 Å². The van der Waals surface area contributed by atoms with E-state index in [1.54, 1.807) is 6.92 Å². The van der Waals surface area contributed by atoms with Crippen LogP contribution in [0, 0.1) is 11.8 Å². The first-order chi connectivity index (χ1) is 20.3. The van der Waals surface area contributed by atoms with Crippen LogP contribution in [0.1, 0.15) is 129 Å². The number of aliphatic hydroxyl groups is 1. The van der Waals surface area contributed by atoms with Gasteiger partial charge in [0.2, 0.25) is 10.0 Å². The smallest absolute Gasteiger partial charge is 0.308 e. The number of carbonyl (C=O) groups excluding carboxylic acids is 1. The van der Waals surface area contributed by atoms with Crippen molar-refractivity contribution in [3.8, 4) is 11.1 Å². The quantitative estimate of drug-likeness (QED) is 0.190. The summed E-state index contributed by atoms with van der Waals surface area (Å²) in [5, 5.41) is 12.9. The number of nitrogens with zero attached hydrogens (tertiary/aromatic N) is 1. The van der Waals surface area contributed by atoms with Gasteiger partial charge in [0, 0.05) is 17.2 Å². The Morgan fingerprint density at radius 1 is 0.809 bits per heavy atom. The minimum Gasteiger partial charge on any atom is -0.460 e. The van der Waals surface area contributed by atoms with E-state index in [2.05, 4.69) is 46.3 Å². The monoisotopic (exact) mass is 680 g/mol. The summed E-state index contributed by atoms with van der Waals surface area (Å²) in [6.45, 7) is 22.7. The third-order valence-electron chi connectivity index (χ3n) is 6.22. The van der Waals surface area contributed by atoms with E-state index in [4.69, 9.17) is 14.7 Å². The van der Waals surface area contributed by atoms with Gasteiger partial charge in [-0.3, -0.25) is 4.79 Å². The van der Waals surface area contributed by atoms with Crippen molar-refractivity contribution in [1.29, 1.82) is 0 Å². The standard InChI is InChI=1S/C16H15NO.C8H16O2.C6H13NO2S.C5H12O.3CH4/c1-11(2)18-17-16-14-9-5-3-7-12(14)13-8-4-6-10-15(13)16;1-6(2)7(9)10-8(3,4)5;1-5(2)7-10(8,9)6-3-4-6;1-4(2)5(3)6;;;/h3-11H,1-2H3;6H,1-5H3;5-7H,3-4H2,1-2H3;4-6H,1-3H3;3*1H4/t;;;5-;;;/m...0.../s1. The summed E-state index contributed by atoms with van der Waals surface area (Å²) >= 11 is 0. The second kappa shape index (κ2) is 22.0. The van der Waals surface area contributed by atoms with Crippen molar-refractivity contribution in [2.24, 2.45) is 17.0 Å². The molecule has 1 atom stereocenters. The van der Waals surface area contributed by atoms with Crippen molar-refractivity contribution in [3.05, 3.63) is 59.7 Å². The second-order valence-electron chi connectivity index (χ2n) is 13.4. The van der Waals surface area contributed by atoms with Crippen LogP contribution in [-0.2, 0) is 24.4 Å². The van der Waals surface area contributed by atoms with Gasteiger partial charge in [-0.2, -0.15) is 0 Å². The van der Waals surface area contributed by atoms with Gasteiger partial charge >= 0.3 is 5.97 Å². The maximum absolute atomic E-state index is 11.1. The van der Waals surface area contributed by atoms with E-state index in [9.17, 15) is 13.2 Å². The number of fused-ring (bicyclic) bond motifs is 3. The summed E-state index contributed by atoms with van der Waals surface area (Å²) < 4.78 is 29.8. The molecule has 0 aliphatic heterocycles. The largest absolute Gasteiger partial charge is 0.460 e. The van der Waals surface area contributed by atoms with E-state index in [0.29, 0.717) is 5.92 Å². The van der Waals surface area contributed by atoms with Crippen molar-refractivity contribution >= 4 is 21.7 Å². The molecule has 2 N–H and O–H groups in total. The predicted molar refractivity (Wildman–Crippen MR) is 201 cm³/mol. The van der Waals surface area contributed by atoms with Gasteiger partial charge in [0.05, 0.1) is 17.3 Å². The molecule has 0 radical (unpaired) electrons. The zero-order valence-corrected chi connectivity index (χ0v) is 29.7. The van der Waals surface area contributed by atoms with Crippen LogP contribution < -0.4 is 4.72 Å². The van der Waals surface area contributed by atoms with Crippen molar-refractivity contribution in [1.82, 2.24) is 4.72 Å². The molecule has 8 nitrogen and oxygen atoms in total. The van der Waals surface area contributed by atoms with Crippen LogP contribution in [0.5, 0.6) is 0 Å². The average molecular weight is 681 g/mol. The molecule has 0 amide bonds. The number of rotatable bonds is 7. The Morgan fingerprint density at radius 2 is 1.19 bits per heavy atom. The molecule has 272 valence electrons. The number of esters is 1. The van der Waals surface area contributed by atoms with E-state index in [0.717, 1.165) is 29.7 Å². The number of carbonyl (C=O) groups is 1. The number of aliphatic hydroxyl groups excluding tert-OH is 1. The molecule has 0 spiro atoms. The highest BCUT2D eigenvalue weighted by molar-refractivity contribution is 7.90. The molecule has 0 heterocycles. The van der Waals surface area contributed by atoms with Gasteiger partial charge in [-0.25, -0.2) is 13.1 Å². The van der Waals surface area contributed by atoms with Gasteiger partial charge in [0.1, 0.15) is 17.4 Å². The van der Waals surface area contributed by atoms with Gasteiger partial charge in [0.15, 0.2) is 0 Å². The highest BCUT2D eigenvalue weighted by atomic mass is 32.2. The molecule has 4 rings (SSSR count). The van der Waals surface area contributed by atoms with Crippen LogP contribution in [0.4, 0.5) is 0 Å². The number of nitrogens with one attached hydrogen (secondary N) is 1. The van der Waals surface area contributed by atoms with Crippen LogP contribution in [0.25, 0.3) is 11.1 Å². The van der Waals surface area contributed by atoms with Crippen molar-refractivity contribution < 1.29 is 27.9 Å². The fraction of sp³-hybridized carbons (Fsp3) is 0.632. The third-order valence-corrected chi connectivity index (χ3v) is 8.36. The molecule has 9 heteroatoms. The van der Waals surface area contributed by atoms with Crippen molar-refractivity contribution in [2.45, 2.75) is 147 Å². The van der Waals surface area contributed by atoms with Crippen LogP contribution in [-0.4, -0.2) is 54.3 Å². The summed E-state index contributed by atoms with van der Waals surface area (Å²) in [6, 6.07) is 16.7. The van der Waals surface area contributed by atoms with Gasteiger partial charge in [0.25, 0.3) is 0 Å². The Morgan fingerprint density at radius 3 is 1.45 bits per heavy atom. The lowest BCUT2D eigenvalue weighted by atomic mass is 10.1. The van der Waals surface area contributed by atoms with E-state index in [1.807, 2.05) is 88.3 Å². The number of ether oxygens (including phenoxy) is 1. The Balaban J connectivity index is -0.000000583. The molecule has 0 saturated heterocycles. The fourth-order valence-electron chi connectivity index (χ4n) is 3.47. The Bertz CT molecular complexity index is 1250. The first-order valence-corrected chi connectivity index (χ1v) is 17.2. The molecule has 2 aliphatic carbocycles. The molecule has 0 unspecified atom stereocenters. The molecular weight excluding hydrogens is 612 g/mol. The molecule has 1 fully saturated rings. The zero-order chi connectivity index (χ0) is 33.8. The van der Waals surface area contributed by atoms with Gasteiger partial charge in [-0.1, -0.05) is 104 Å². The topological polar surface area (TPSA) is 114 Å². The van der Waals surface area contributed by atoms with Gasteiger partial charge < -0.3 is 14.7 Å². The maximum atomic E-state index is 11.1. The van der Waals surface area contributed by atoms with Crippen molar-refractivity contribution in [3.63, 3.8) is 0 Å². The third kappa shape index (κ3) is 18.4. The van der Waals surface area contributed by atoms with Crippen molar-refractivity contribution in [2.75, 3.05) is 0 Å². The summed E-state index contributed by atoms with van der Waals surface area (Å²) in [7, 11) is -2.94. The first-order valence-electron chi connectivity index (χ1n) is 15.6. The first kappa shape index (κ1) is 48.6. The lowest BCUT2D eigenvalue weighted by Gasteiger charge is -2.20. The number of oxime groups is 1. The molecule has 1 saturated carbocycles. The van der Waals surface area contributed by atoms with E-state index in [1.165, 1.54) is 11.1 Å². The molecule has 0 aromatic heterocycles. The average Bonchev–Trinajstić information content (AvgIpc) is 3.71. The minimum absolute atomic E-state index is 0. The van der Waals surface area contributed by atoms with E-state index < -0.39 is 10.0 Å². The molecule has 2 aromatic rings. The van der Waals surface area contributed by atoms with Crippen LogP contribution in [0.3, 0.4) is 0 Å². The lowest BCUT2D eigenvalue weighted by molar-refractivity contribution is -0.158. The minimum atomic E-state index is -2.94. The van der Waals surface area contributed by atoms with Gasteiger partial charge in [-0.05, 0) is 85.3 Å². The Labute approximate surface area is 288 Å². The molecular formula is C38H68N2O6S. The van der Waals surface area contributed by atoms with E-state index in [-0.39, 0.29) is 63.3 Å². The lowest BCUT2D eigenvalue weighted by Crippen LogP contribution is -2.32. The number of hydrogen-bond donors (Lipinski definition) is 2. The normalized spacial score (nSPS) is 13.4. The Kier molecular flexibility index (Phi) is 22.8. The van der Waals surface area contributed by atoms with Crippen LogP contribution in [0.15, 0.2) is 53.7 Å². The number of benzene rings is 2. The predicted octanol–water partition coefficient (Wildman–Crippen LogP) is 9.24. The second-order valence-corrected chi connectivity index (χ2v) is 15.4. The summed E-state index contributed by atoms with van der Waals surface area (Å²) in [6.07, 6.45) is 1.62. The SMILES string of the molecule is C.C.C.CC(C)C(=O)OC(C)(C)C.CC(C)NS(=O)(=O)C1CC1.CC(C)ON=C1c2ccccc2-c2ccccc21.CC(C)[C@H](C)O. The maximum Gasteiger partial charge on any atom is 0.308 e. The summed E-state index contributed by atoms with van der Waals surface area (Å²) in [5.41, 5.74) is 5.37. The summed E-state index contributed by atoms with van der Waals surface area (Å²) in [4.78, 5) is 16.4. The molecule has 2 aromatic carbocycles. The van der Waals surface area contributed by atoms with Gasteiger partial charge in [-0.15, -0.1) is 0 Å². The van der Waals surface area contributed by atoms with E-state index >= 15 is 0 Å². The molecule has 2 aliphatic rings. The molecule has 47 heavy (non-hydrogen) atoms. The summed E-state index contributed by atoms with van der Waals surface area (Å²) in [5.74, 6) is 0.247. The van der Waals surface area contributed by atoms with Crippen LogP contribution in [0.2, 0.25) is 0 Å². The zero-order valence-electron chi connectivity index (χ0n) is 28.8. The number of hydrogen-bond acceptors (Lipinski definition) is 7. The number of sulfonamides is 1. The highest BCUT2D eigenvalue weighted by Gasteiger charge is 2.35. The molecule has 0 bridgehead atoms. The highest BCUT2D eigenvalue weighted by Crippen LogP contribution is 2.36. The fourth-order valence-corrected chi connectivity index (χ4v) is 5.08.